The Bertz CT molecular complexity index is 676. The quantitative estimate of drug-likeness (QED) is 0.922. The zero-order chi connectivity index (χ0) is 15.7. The van der Waals surface area contributed by atoms with Crippen LogP contribution in [0.15, 0.2) is 29.2 Å². The molecular formula is C14H17N5O3. The third kappa shape index (κ3) is 2.72. The third-order valence-corrected chi connectivity index (χ3v) is 3.61. The molecule has 1 saturated heterocycles. The molecule has 0 spiro atoms. The van der Waals surface area contributed by atoms with Crippen molar-refractivity contribution in [2.24, 2.45) is 5.92 Å². The summed E-state index contributed by atoms with van der Waals surface area (Å²) in [6, 6.07) is 1.77. The van der Waals surface area contributed by atoms with Crippen LogP contribution in [-0.4, -0.2) is 33.3 Å². The average molecular weight is 303 g/mol. The minimum Gasteiger partial charge on any atom is -0.363 e. The Labute approximate surface area is 127 Å². The SMILES string of the molecule is CC(C)n1cc(N2CC(C(=O)Nc3ccon3)CC2=O)cn1. The Morgan fingerprint density at radius 1 is 1.50 bits per heavy atom. The van der Waals surface area contributed by atoms with E-state index in [4.69, 9.17) is 0 Å². The van der Waals surface area contributed by atoms with E-state index < -0.39 is 5.92 Å². The molecule has 3 rings (SSSR count). The highest BCUT2D eigenvalue weighted by Crippen LogP contribution is 2.26. The molecule has 22 heavy (non-hydrogen) atoms. The van der Waals surface area contributed by atoms with Crippen LogP contribution in [-0.2, 0) is 9.59 Å². The van der Waals surface area contributed by atoms with Crippen LogP contribution in [0.5, 0.6) is 0 Å². The summed E-state index contributed by atoms with van der Waals surface area (Å²) >= 11 is 0. The van der Waals surface area contributed by atoms with Gasteiger partial charge in [-0.15, -0.1) is 0 Å². The average Bonchev–Trinajstić information content (AvgIpc) is 3.17. The summed E-state index contributed by atoms with van der Waals surface area (Å²) in [6.45, 7) is 4.36. The number of anilines is 2. The summed E-state index contributed by atoms with van der Waals surface area (Å²) in [5.41, 5.74) is 0.718. The van der Waals surface area contributed by atoms with Gasteiger partial charge < -0.3 is 14.7 Å². The fraction of sp³-hybridized carbons (Fsp3) is 0.429. The molecule has 1 fully saturated rings. The number of carbonyl (C=O) groups is 2. The predicted octanol–water partition coefficient (Wildman–Crippen LogP) is 1.44. The van der Waals surface area contributed by atoms with E-state index in [0.29, 0.717) is 12.4 Å². The van der Waals surface area contributed by atoms with E-state index in [1.807, 2.05) is 20.0 Å². The van der Waals surface area contributed by atoms with Crippen LogP contribution in [0.4, 0.5) is 11.5 Å². The number of carbonyl (C=O) groups excluding carboxylic acids is 2. The molecule has 0 aromatic carbocycles. The number of aromatic nitrogens is 3. The normalized spacial score (nSPS) is 18.2. The molecule has 2 aromatic heterocycles. The molecular weight excluding hydrogens is 286 g/mol. The molecule has 1 unspecified atom stereocenters. The van der Waals surface area contributed by atoms with E-state index in [2.05, 4.69) is 20.1 Å². The second kappa shape index (κ2) is 5.63. The van der Waals surface area contributed by atoms with Gasteiger partial charge in [0.05, 0.1) is 17.8 Å². The van der Waals surface area contributed by atoms with E-state index in [-0.39, 0.29) is 24.3 Å². The molecule has 0 bridgehead atoms. The topological polar surface area (TPSA) is 93.3 Å². The smallest absolute Gasteiger partial charge is 0.231 e. The number of hydrogen-bond donors (Lipinski definition) is 1. The van der Waals surface area contributed by atoms with E-state index in [0.717, 1.165) is 5.69 Å². The molecule has 3 heterocycles. The maximum Gasteiger partial charge on any atom is 0.231 e. The van der Waals surface area contributed by atoms with Crippen molar-refractivity contribution in [2.75, 3.05) is 16.8 Å². The monoisotopic (exact) mass is 303 g/mol. The third-order valence-electron chi connectivity index (χ3n) is 3.61. The van der Waals surface area contributed by atoms with Crippen LogP contribution in [0, 0.1) is 5.92 Å². The van der Waals surface area contributed by atoms with Crippen LogP contribution in [0.25, 0.3) is 0 Å². The van der Waals surface area contributed by atoms with Gasteiger partial charge in [0.15, 0.2) is 5.82 Å². The lowest BCUT2D eigenvalue weighted by Crippen LogP contribution is -2.28. The zero-order valence-electron chi connectivity index (χ0n) is 12.4. The molecule has 2 aromatic rings. The first-order valence-corrected chi connectivity index (χ1v) is 7.10. The standard InChI is InChI=1S/C14H17N5O3/c1-9(2)19-8-11(6-15-19)18-7-10(5-13(18)20)14(21)16-12-3-4-22-17-12/h3-4,6,8-10H,5,7H2,1-2H3,(H,16,17,21). The van der Waals surface area contributed by atoms with Gasteiger partial charge in [0.1, 0.15) is 6.26 Å². The van der Waals surface area contributed by atoms with Gasteiger partial charge in [-0.25, -0.2) is 0 Å². The van der Waals surface area contributed by atoms with Crippen molar-refractivity contribution in [1.82, 2.24) is 14.9 Å². The van der Waals surface area contributed by atoms with E-state index >= 15 is 0 Å². The first-order valence-electron chi connectivity index (χ1n) is 7.10. The number of hydrogen-bond acceptors (Lipinski definition) is 5. The van der Waals surface area contributed by atoms with E-state index in [1.165, 1.54) is 6.26 Å². The molecule has 8 nitrogen and oxygen atoms in total. The second-order valence-electron chi connectivity index (χ2n) is 5.55. The van der Waals surface area contributed by atoms with Gasteiger partial charge in [-0.3, -0.25) is 14.3 Å². The molecule has 2 amide bonds. The van der Waals surface area contributed by atoms with Crippen molar-refractivity contribution < 1.29 is 14.1 Å². The van der Waals surface area contributed by atoms with E-state index in [9.17, 15) is 9.59 Å². The highest BCUT2D eigenvalue weighted by atomic mass is 16.5. The summed E-state index contributed by atoms with van der Waals surface area (Å²) in [5, 5.41) is 10.5. The maximum absolute atomic E-state index is 12.2. The predicted molar refractivity (Wildman–Crippen MR) is 78.2 cm³/mol. The van der Waals surface area contributed by atoms with Gasteiger partial charge in [0.2, 0.25) is 11.8 Å². The fourth-order valence-corrected chi connectivity index (χ4v) is 2.39. The van der Waals surface area contributed by atoms with E-state index in [1.54, 1.807) is 21.8 Å². The minimum atomic E-state index is -0.411. The molecule has 1 aliphatic rings. The van der Waals surface area contributed by atoms with Crippen LogP contribution in [0.1, 0.15) is 26.3 Å². The van der Waals surface area contributed by atoms with Crippen molar-refractivity contribution in [3.05, 3.63) is 24.7 Å². The highest BCUT2D eigenvalue weighted by Gasteiger charge is 2.36. The lowest BCUT2D eigenvalue weighted by molar-refractivity contribution is -0.122. The molecule has 116 valence electrons. The second-order valence-corrected chi connectivity index (χ2v) is 5.55. The van der Waals surface area contributed by atoms with Crippen molar-refractivity contribution in [3.63, 3.8) is 0 Å². The first-order chi connectivity index (χ1) is 10.5. The van der Waals surface area contributed by atoms with Crippen molar-refractivity contribution in [1.29, 1.82) is 0 Å². The summed E-state index contributed by atoms with van der Waals surface area (Å²) in [6.07, 6.45) is 5.02. The zero-order valence-corrected chi connectivity index (χ0v) is 12.4. The van der Waals surface area contributed by atoms with Crippen molar-refractivity contribution in [3.8, 4) is 0 Å². The largest absolute Gasteiger partial charge is 0.363 e. The van der Waals surface area contributed by atoms with Gasteiger partial charge in [-0.2, -0.15) is 5.10 Å². The fourth-order valence-electron chi connectivity index (χ4n) is 2.39. The molecule has 1 N–H and O–H groups in total. The Kier molecular flexibility index (Phi) is 3.66. The molecule has 0 aliphatic carbocycles. The maximum atomic E-state index is 12.2. The summed E-state index contributed by atoms with van der Waals surface area (Å²) in [4.78, 5) is 25.9. The number of nitrogens with one attached hydrogen (secondary N) is 1. The van der Waals surface area contributed by atoms with Gasteiger partial charge in [0, 0.05) is 31.3 Å². The highest BCUT2D eigenvalue weighted by molar-refractivity contribution is 6.03. The van der Waals surface area contributed by atoms with Crippen molar-refractivity contribution >= 4 is 23.3 Å². The number of amides is 2. The van der Waals surface area contributed by atoms with Crippen molar-refractivity contribution in [2.45, 2.75) is 26.3 Å². The van der Waals surface area contributed by atoms with Crippen LogP contribution < -0.4 is 10.2 Å². The van der Waals surface area contributed by atoms with Gasteiger partial charge in [-0.05, 0) is 13.8 Å². The Morgan fingerprint density at radius 2 is 2.32 bits per heavy atom. The molecule has 0 saturated carbocycles. The summed E-state index contributed by atoms with van der Waals surface area (Å²) in [7, 11) is 0. The first kappa shape index (κ1) is 14.3. The molecule has 1 aliphatic heterocycles. The van der Waals surface area contributed by atoms with Crippen LogP contribution >= 0.6 is 0 Å². The number of rotatable bonds is 4. The van der Waals surface area contributed by atoms with Crippen LogP contribution in [0.3, 0.4) is 0 Å². The van der Waals surface area contributed by atoms with Gasteiger partial charge >= 0.3 is 0 Å². The Balaban J connectivity index is 1.68. The lowest BCUT2D eigenvalue weighted by Gasteiger charge is -2.14. The van der Waals surface area contributed by atoms with Gasteiger partial charge in [-0.1, -0.05) is 5.16 Å². The molecule has 8 heteroatoms. The lowest BCUT2D eigenvalue weighted by atomic mass is 10.1. The molecule has 1 atom stereocenters. The van der Waals surface area contributed by atoms with Gasteiger partial charge in [0.25, 0.3) is 0 Å². The number of nitrogens with zero attached hydrogens (tertiary/aromatic N) is 4. The Morgan fingerprint density at radius 3 is 2.95 bits per heavy atom. The summed E-state index contributed by atoms with van der Waals surface area (Å²) < 4.78 is 6.44. The molecule has 0 radical (unpaired) electrons. The minimum absolute atomic E-state index is 0.0800. The Hall–Kier alpha value is -2.64. The summed E-state index contributed by atoms with van der Waals surface area (Å²) in [5.74, 6) is -0.375. The van der Waals surface area contributed by atoms with Crippen LogP contribution in [0.2, 0.25) is 0 Å².